The van der Waals surface area contributed by atoms with Crippen molar-refractivity contribution in [1.82, 2.24) is 25.1 Å². The van der Waals surface area contributed by atoms with Crippen molar-refractivity contribution >= 4 is 30.7 Å². The van der Waals surface area contributed by atoms with E-state index in [1.54, 1.807) is 18.5 Å². The summed E-state index contributed by atoms with van der Waals surface area (Å²) in [4.78, 5) is 20.4. The van der Waals surface area contributed by atoms with Gasteiger partial charge >= 0.3 is 0 Å². The molecule has 24 heavy (non-hydrogen) atoms. The molecule has 134 valence electrons. The first-order valence-corrected chi connectivity index (χ1v) is 7.27. The standard InChI is InChI=1S/C15H22N6O.2ClH/c1-11(2)6-15(3,8-16)20-14(22)12-4-5-13(18-7-12)21-10-17-9-19-21;;/h4-5,7,9-11H,6,8,16H2,1-3H3,(H,20,22);2*1H. The van der Waals surface area contributed by atoms with Gasteiger partial charge in [0.1, 0.15) is 12.7 Å². The van der Waals surface area contributed by atoms with Crippen LogP contribution in [0.4, 0.5) is 0 Å². The number of nitrogens with zero attached hydrogens (tertiary/aromatic N) is 4. The number of nitrogens with one attached hydrogen (secondary N) is 1. The molecule has 0 spiro atoms. The lowest BCUT2D eigenvalue weighted by molar-refractivity contribution is 0.0898. The minimum atomic E-state index is -0.421. The normalized spacial score (nSPS) is 12.7. The predicted molar refractivity (Wildman–Crippen MR) is 98.0 cm³/mol. The van der Waals surface area contributed by atoms with Gasteiger partial charge in [0.05, 0.1) is 5.56 Å². The molecule has 0 aliphatic heterocycles. The fourth-order valence-corrected chi connectivity index (χ4v) is 2.42. The number of pyridine rings is 1. The maximum absolute atomic E-state index is 12.4. The van der Waals surface area contributed by atoms with Crippen LogP contribution in [0.15, 0.2) is 31.0 Å². The van der Waals surface area contributed by atoms with Crippen molar-refractivity contribution in [2.45, 2.75) is 32.7 Å². The van der Waals surface area contributed by atoms with Crippen LogP contribution in [-0.2, 0) is 0 Å². The first-order valence-electron chi connectivity index (χ1n) is 7.27. The SMILES string of the molecule is CC(C)CC(C)(CN)NC(=O)c1ccc(-n2cncn2)nc1.Cl.Cl. The Kier molecular flexibility index (Phi) is 8.88. The van der Waals surface area contributed by atoms with Gasteiger partial charge in [-0.3, -0.25) is 4.79 Å². The number of halogens is 2. The maximum atomic E-state index is 12.4. The molecule has 0 aromatic carbocycles. The van der Waals surface area contributed by atoms with E-state index in [2.05, 4.69) is 34.2 Å². The molecule has 1 amide bonds. The maximum Gasteiger partial charge on any atom is 0.253 e. The fourth-order valence-electron chi connectivity index (χ4n) is 2.42. The number of rotatable bonds is 6. The molecule has 3 N–H and O–H groups in total. The quantitative estimate of drug-likeness (QED) is 0.805. The summed E-state index contributed by atoms with van der Waals surface area (Å²) in [5, 5.41) is 7.00. The Hall–Kier alpha value is -1.70. The van der Waals surface area contributed by atoms with Gasteiger partial charge < -0.3 is 11.1 Å². The van der Waals surface area contributed by atoms with Crippen molar-refractivity contribution in [2.24, 2.45) is 11.7 Å². The van der Waals surface area contributed by atoms with Crippen molar-refractivity contribution in [1.29, 1.82) is 0 Å². The molecule has 2 aromatic heterocycles. The Morgan fingerprint density at radius 1 is 1.38 bits per heavy atom. The molecule has 7 nitrogen and oxygen atoms in total. The highest BCUT2D eigenvalue weighted by Gasteiger charge is 2.26. The van der Waals surface area contributed by atoms with E-state index in [0.29, 0.717) is 23.8 Å². The second kappa shape index (κ2) is 9.56. The second-order valence-electron chi connectivity index (χ2n) is 6.06. The summed E-state index contributed by atoms with van der Waals surface area (Å²) < 4.78 is 1.53. The monoisotopic (exact) mass is 374 g/mol. The van der Waals surface area contributed by atoms with E-state index in [4.69, 9.17) is 5.73 Å². The number of nitrogens with two attached hydrogens (primary N) is 1. The van der Waals surface area contributed by atoms with Gasteiger partial charge in [0.2, 0.25) is 0 Å². The van der Waals surface area contributed by atoms with E-state index in [0.717, 1.165) is 6.42 Å². The van der Waals surface area contributed by atoms with E-state index >= 15 is 0 Å². The third-order valence-corrected chi connectivity index (χ3v) is 3.39. The Balaban J connectivity index is 0.00000264. The smallest absolute Gasteiger partial charge is 0.253 e. The molecule has 0 aliphatic rings. The van der Waals surface area contributed by atoms with Crippen LogP contribution in [0, 0.1) is 5.92 Å². The largest absolute Gasteiger partial charge is 0.346 e. The lowest BCUT2D eigenvalue weighted by Gasteiger charge is -2.31. The Bertz CT molecular complexity index is 617. The fraction of sp³-hybridized carbons (Fsp3) is 0.467. The number of hydrogen-bond acceptors (Lipinski definition) is 5. The van der Waals surface area contributed by atoms with E-state index in [1.165, 1.54) is 17.2 Å². The van der Waals surface area contributed by atoms with Crippen LogP contribution in [-0.4, -0.2) is 37.7 Å². The first-order chi connectivity index (χ1) is 10.4. The van der Waals surface area contributed by atoms with E-state index < -0.39 is 5.54 Å². The van der Waals surface area contributed by atoms with E-state index in [9.17, 15) is 4.79 Å². The highest BCUT2D eigenvalue weighted by atomic mass is 35.5. The number of carbonyl (C=O) groups excluding carboxylic acids is 1. The Morgan fingerprint density at radius 3 is 2.54 bits per heavy atom. The molecule has 0 fully saturated rings. The molecule has 0 radical (unpaired) electrons. The topological polar surface area (TPSA) is 98.7 Å². The lowest BCUT2D eigenvalue weighted by atomic mass is 9.90. The van der Waals surface area contributed by atoms with Gasteiger partial charge in [0.25, 0.3) is 5.91 Å². The van der Waals surface area contributed by atoms with Gasteiger partial charge in [-0.25, -0.2) is 14.6 Å². The molecule has 2 heterocycles. The summed E-state index contributed by atoms with van der Waals surface area (Å²) in [6.07, 6.45) is 5.33. The highest BCUT2D eigenvalue weighted by Crippen LogP contribution is 2.16. The van der Waals surface area contributed by atoms with Crippen LogP contribution in [0.3, 0.4) is 0 Å². The number of hydrogen-bond donors (Lipinski definition) is 2. The van der Waals surface area contributed by atoms with E-state index in [-0.39, 0.29) is 30.7 Å². The van der Waals surface area contributed by atoms with Crippen LogP contribution in [0.2, 0.25) is 0 Å². The van der Waals surface area contributed by atoms with Gasteiger partial charge in [0.15, 0.2) is 5.82 Å². The average Bonchev–Trinajstić information content (AvgIpc) is 3.00. The van der Waals surface area contributed by atoms with Crippen molar-refractivity contribution < 1.29 is 4.79 Å². The molecule has 0 saturated heterocycles. The molecule has 0 aliphatic carbocycles. The van der Waals surface area contributed by atoms with Crippen LogP contribution < -0.4 is 11.1 Å². The molecule has 1 unspecified atom stereocenters. The summed E-state index contributed by atoms with van der Waals surface area (Å²) in [5.41, 5.74) is 5.89. The summed E-state index contributed by atoms with van der Waals surface area (Å²) in [6.45, 7) is 6.56. The van der Waals surface area contributed by atoms with Crippen molar-refractivity contribution in [2.75, 3.05) is 6.54 Å². The van der Waals surface area contributed by atoms with Gasteiger partial charge in [-0.05, 0) is 31.4 Å². The summed E-state index contributed by atoms with van der Waals surface area (Å²) in [5.74, 6) is 0.880. The van der Waals surface area contributed by atoms with Gasteiger partial charge in [0, 0.05) is 18.3 Å². The van der Waals surface area contributed by atoms with Gasteiger partial charge in [-0.2, -0.15) is 5.10 Å². The van der Waals surface area contributed by atoms with Crippen LogP contribution >= 0.6 is 24.8 Å². The predicted octanol–water partition coefficient (Wildman–Crippen LogP) is 2.00. The molecule has 0 bridgehead atoms. The molecular formula is C15H24Cl2N6O. The van der Waals surface area contributed by atoms with Crippen LogP contribution in [0.25, 0.3) is 5.82 Å². The molecular weight excluding hydrogens is 351 g/mol. The van der Waals surface area contributed by atoms with Crippen LogP contribution in [0.5, 0.6) is 0 Å². The molecule has 2 aromatic rings. The number of carbonyl (C=O) groups is 1. The Morgan fingerprint density at radius 2 is 2.08 bits per heavy atom. The molecule has 1 atom stereocenters. The van der Waals surface area contributed by atoms with Gasteiger partial charge in [-0.15, -0.1) is 24.8 Å². The highest BCUT2D eigenvalue weighted by molar-refractivity contribution is 5.94. The summed E-state index contributed by atoms with van der Waals surface area (Å²) in [6, 6.07) is 3.44. The summed E-state index contributed by atoms with van der Waals surface area (Å²) in [7, 11) is 0. The van der Waals surface area contributed by atoms with Crippen molar-refractivity contribution in [3.05, 3.63) is 36.5 Å². The second-order valence-corrected chi connectivity index (χ2v) is 6.06. The molecule has 9 heteroatoms. The number of amides is 1. The first kappa shape index (κ1) is 22.3. The molecule has 2 rings (SSSR count). The zero-order valence-electron chi connectivity index (χ0n) is 14.0. The summed E-state index contributed by atoms with van der Waals surface area (Å²) >= 11 is 0. The lowest BCUT2D eigenvalue weighted by Crippen LogP contribution is -2.52. The third-order valence-electron chi connectivity index (χ3n) is 3.39. The third kappa shape index (κ3) is 5.74. The number of aromatic nitrogens is 4. The Labute approximate surface area is 154 Å². The van der Waals surface area contributed by atoms with Gasteiger partial charge in [-0.1, -0.05) is 13.8 Å². The zero-order valence-corrected chi connectivity index (χ0v) is 15.6. The average molecular weight is 375 g/mol. The van der Waals surface area contributed by atoms with Crippen molar-refractivity contribution in [3.63, 3.8) is 0 Å². The minimum Gasteiger partial charge on any atom is -0.346 e. The molecule has 0 saturated carbocycles. The minimum absolute atomic E-state index is 0. The van der Waals surface area contributed by atoms with E-state index in [1.807, 2.05) is 6.92 Å². The zero-order chi connectivity index (χ0) is 16.2. The van der Waals surface area contributed by atoms with Crippen LogP contribution in [0.1, 0.15) is 37.6 Å². The van der Waals surface area contributed by atoms with Crippen molar-refractivity contribution in [3.8, 4) is 5.82 Å².